The molecule has 0 saturated heterocycles. The van der Waals surface area contributed by atoms with Crippen molar-refractivity contribution < 1.29 is 0 Å². The molecular formula is C18H19N3S. The van der Waals surface area contributed by atoms with Crippen LogP contribution in [0.4, 0.5) is 10.8 Å². The molecule has 3 rings (SSSR count). The summed E-state index contributed by atoms with van der Waals surface area (Å²) in [6, 6.07) is 18.7. The average molecular weight is 309 g/mol. The molecule has 0 saturated carbocycles. The van der Waals surface area contributed by atoms with Gasteiger partial charge in [0, 0.05) is 10.4 Å². The molecule has 1 heterocycles. The number of aryl methyl sites for hydroxylation is 2. The first-order valence-corrected chi connectivity index (χ1v) is 8.21. The van der Waals surface area contributed by atoms with Crippen LogP contribution in [0.25, 0.3) is 11.3 Å². The second-order valence-corrected chi connectivity index (χ2v) is 6.29. The van der Waals surface area contributed by atoms with E-state index in [0.717, 1.165) is 22.9 Å². The zero-order valence-corrected chi connectivity index (χ0v) is 13.6. The first-order chi connectivity index (χ1) is 10.8. The highest BCUT2D eigenvalue weighted by atomic mass is 32.1. The fraction of sp³-hybridized carbons (Fsp3) is 0.167. The molecule has 0 aliphatic carbocycles. The molecule has 0 spiro atoms. The Morgan fingerprint density at radius 2 is 1.68 bits per heavy atom. The minimum Gasteiger partial charge on any atom is -0.299 e. The molecule has 3 nitrogen and oxygen atoms in total. The van der Waals surface area contributed by atoms with Crippen molar-refractivity contribution in [1.82, 2.24) is 4.98 Å². The number of anilines is 2. The van der Waals surface area contributed by atoms with Gasteiger partial charge in [0.1, 0.15) is 0 Å². The standard InChI is InChI=1S/C18H19N3S/c1-3-14-9-11-15(12-10-14)17-13(2)22-18(19-17)21-20-16-7-5-4-6-8-16/h4-12,20H,3H2,1-2H3,(H,19,21). The molecular weight excluding hydrogens is 290 g/mol. The SMILES string of the molecule is CCc1ccc(-c2nc(NNc3ccccc3)sc2C)cc1. The highest BCUT2D eigenvalue weighted by molar-refractivity contribution is 7.16. The van der Waals surface area contributed by atoms with Gasteiger partial charge in [-0.2, -0.15) is 0 Å². The monoisotopic (exact) mass is 309 g/mol. The van der Waals surface area contributed by atoms with Crippen LogP contribution in [0.5, 0.6) is 0 Å². The highest BCUT2D eigenvalue weighted by Crippen LogP contribution is 2.30. The van der Waals surface area contributed by atoms with Gasteiger partial charge in [-0.05, 0) is 31.0 Å². The summed E-state index contributed by atoms with van der Waals surface area (Å²) in [5, 5.41) is 0.871. The van der Waals surface area contributed by atoms with Crippen LogP contribution < -0.4 is 10.9 Å². The predicted octanol–water partition coefficient (Wildman–Crippen LogP) is 5.12. The van der Waals surface area contributed by atoms with Crippen molar-refractivity contribution in [2.24, 2.45) is 0 Å². The molecule has 1 aromatic heterocycles. The Kier molecular flexibility index (Phi) is 4.39. The zero-order chi connectivity index (χ0) is 15.4. The van der Waals surface area contributed by atoms with Gasteiger partial charge in [0.05, 0.1) is 11.4 Å². The predicted molar refractivity (Wildman–Crippen MR) is 95.4 cm³/mol. The fourth-order valence-corrected chi connectivity index (χ4v) is 3.05. The number of para-hydroxylation sites is 1. The van der Waals surface area contributed by atoms with E-state index < -0.39 is 0 Å². The summed E-state index contributed by atoms with van der Waals surface area (Å²) in [6.45, 7) is 4.27. The van der Waals surface area contributed by atoms with Crippen molar-refractivity contribution in [1.29, 1.82) is 0 Å². The summed E-state index contributed by atoms with van der Waals surface area (Å²) < 4.78 is 0. The third kappa shape index (κ3) is 3.28. The number of nitrogens with one attached hydrogen (secondary N) is 2. The molecule has 0 unspecified atom stereocenters. The van der Waals surface area contributed by atoms with E-state index in [4.69, 9.17) is 4.98 Å². The lowest BCUT2D eigenvalue weighted by molar-refractivity contribution is 1.14. The number of nitrogens with zero attached hydrogens (tertiary/aromatic N) is 1. The molecule has 112 valence electrons. The van der Waals surface area contributed by atoms with E-state index in [-0.39, 0.29) is 0 Å². The van der Waals surface area contributed by atoms with Gasteiger partial charge >= 0.3 is 0 Å². The molecule has 2 N–H and O–H groups in total. The first-order valence-electron chi connectivity index (χ1n) is 7.40. The normalized spacial score (nSPS) is 10.5. The van der Waals surface area contributed by atoms with Crippen LogP contribution in [0.2, 0.25) is 0 Å². The number of benzene rings is 2. The minimum absolute atomic E-state index is 0.871. The summed E-state index contributed by atoms with van der Waals surface area (Å²) >= 11 is 1.65. The summed E-state index contributed by atoms with van der Waals surface area (Å²) in [7, 11) is 0. The lowest BCUT2D eigenvalue weighted by Crippen LogP contribution is -2.07. The Hall–Kier alpha value is -2.33. The maximum atomic E-state index is 4.70. The van der Waals surface area contributed by atoms with E-state index in [1.54, 1.807) is 11.3 Å². The summed E-state index contributed by atoms with van der Waals surface area (Å²) in [4.78, 5) is 5.91. The molecule has 22 heavy (non-hydrogen) atoms. The quantitative estimate of drug-likeness (QED) is 0.642. The maximum Gasteiger partial charge on any atom is 0.202 e. The van der Waals surface area contributed by atoms with Gasteiger partial charge in [0.25, 0.3) is 0 Å². The van der Waals surface area contributed by atoms with Crippen molar-refractivity contribution in [2.45, 2.75) is 20.3 Å². The number of thiazole rings is 1. The van der Waals surface area contributed by atoms with Gasteiger partial charge < -0.3 is 0 Å². The van der Waals surface area contributed by atoms with E-state index in [9.17, 15) is 0 Å². The molecule has 2 aromatic carbocycles. The van der Waals surface area contributed by atoms with Crippen LogP contribution in [-0.2, 0) is 6.42 Å². The van der Waals surface area contributed by atoms with Crippen LogP contribution in [0.3, 0.4) is 0 Å². The van der Waals surface area contributed by atoms with Crippen LogP contribution in [-0.4, -0.2) is 4.98 Å². The highest BCUT2D eigenvalue weighted by Gasteiger charge is 2.09. The zero-order valence-electron chi connectivity index (χ0n) is 12.8. The molecule has 0 fully saturated rings. The number of hydrazine groups is 1. The Balaban J connectivity index is 1.75. The van der Waals surface area contributed by atoms with E-state index in [2.05, 4.69) is 49.0 Å². The van der Waals surface area contributed by atoms with Crippen molar-refractivity contribution in [3.05, 3.63) is 65.0 Å². The molecule has 3 aromatic rings. The van der Waals surface area contributed by atoms with Crippen molar-refractivity contribution in [3.63, 3.8) is 0 Å². The van der Waals surface area contributed by atoms with Gasteiger partial charge in [-0.3, -0.25) is 10.9 Å². The third-order valence-corrected chi connectivity index (χ3v) is 4.41. The van der Waals surface area contributed by atoms with E-state index in [1.165, 1.54) is 16.0 Å². The largest absolute Gasteiger partial charge is 0.299 e. The average Bonchev–Trinajstić information content (AvgIpc) is 2.95. The fourth-order valence-electron chi connectivity index (χ4n) is 2.26. The van der Waals surface area contributed by atoms with Gasteiger partial charge in [-0.1, -0.05) is 49.4 Å². The van der Waals surface area contributed by atoms with Gasteiger partial charge in [0.2, 0.25) is 5.13 Å². The second kappa shape index (κ2) is 6.62. The molecule has 0 amide bonds. The number of aromatic nitrogens is 1. The Morgan fingerprint density at radius 3 is 2.36 bits per heavy atom. The van der Waals surface area contributed by atoms with E-state index in [1.807, 2.05) is 30.3 Å². The van der Waals surface area contributed by atoms with Gasteiger partial charge in [0.15, 0.2) is 0 Å². The molecule has 0 aliphatic rings. The van der Waals surface area contributed by atoms with Crippen molar-refractivity contribution in [3.8, 4) is 11.3 Å². The molecule has 0 bridgehead atoms. The molecule has 4 heteroatoms. The number of rotatable bonds is 5. The van der Waals surface area contributed by atoms with Gasteiger partial charge in [-0.25, -0.2) is 4.98 Å². The van der Waals surface area contributed by atoms with Crippen LogP contribution >= 0.6 is 11.3 Å². The van der Waals surface area contributed by atoms with Crippen molar-refractivity contribution >= 4 is 22.2 Å². The molecule has 0 aliphatic heterocycles. The maximum absolute atomic E-state index is 4.70. The summed E-state index contributed by atoms with van der Waals surface area (Å²) in [5.74, 6) is 0. The van der Waals surface area contributed by atoms with Crippen LogP contribution in [0.15, 0.2) is 54.6 Å². The lowest BCUT2D eigenvalue weighted by atomic mass is 10.1. The lowest BCUT2D eigenvalue weighted by Gasteiger charge is -2.05. The summed E-state index contributed by atoms with van der Waals surface area (Å²) in [6.07, 6.45) is 1.06. The minimum atomic E-state index is 0.871. The molecule has 0 radical (unpaired) electrons. The number of hydrogen-bond acceptors (Lipinski definition) is 4. The van der Waals surface area contributed by atoms with Crippen molar-refractivity contribution in [2.75, 3.05) is 10.9 Å². The van der Waals surface area contributed by atoms with E-state index in [0.29, 0.717) is 0 Å². The third-order valence-electron chi connectivity index (χ3n) is 3.52. The Bertz CT molecular complexity index is 733. The topological polar surface area (TPSA) is 37.0 Å². The van der Waals surface area contributed by atoms with E-state index >= 15 is 0 Å². The first kappa shape index (κ1) is 14.6. The van der Waals surface area contributed by atoms with Crippen LogP contribution in [0.1, 0.15) is 17.4 Å². The molecule has 0 atom stereocenters. The smallest absolute Gasteiger partial charge is 0.202 e. The Labute approximate surface area is 135 Å². The number of hydrogen-bond donors (Lipinski definition) is 2. The Morgan fingerprint density at radius 1 is 0.955 bits per heavy atom. The van der Waals surface area contributed by atoms with Gasteiger partial charge in [-0.15, -0.1) is 11.3 Å². The second-order valence-electron chi connectivity index (χ2n) is 5.09. The summed E-state index contributed by atoms with van der Waals surface area (Å²) in [5.41, 5.74) is 10.9. The van der Waals surface area contributed by atoms with Crippen LogP contribution in [0, 0.1) is 6.92 Å².